The van der Waals surface area contributed by atoms with Gasteiger partial charge in [0.15, 0.2) is 5.13 Å². The van der Waals surface area contributed by atoms with Crippen LogP contribution in [-0.2, 0) is 27.3 Å². The van der Waals surface area contributed by atoms with Crippen molar-refractivity contribution < 1.29 is 27.8 Å². The van der Waals surface area contributed by atoms with E-state index in [2.05, 4.69) is 14.9 Å². The quantitative estimate of drug-likeness (QED) is 0.402. The maximum atomic E-state index is 14.9. The van der Waals surface area contributed by atoms with E-state index in [9.17, 15) is 27.8 Å². The maximum Gasteiger partial charge on any atom is 0.326 e. The number of nitrogen functional groups attached to an aromatic ring is 1. The van der Waals surface area contributed by atoms with Crippen LogP contribution in [0, 0.1) is 5.82 Å². The highest BCUT2D eigenvalue weighted by atomic mass is 32.2. The molecule has 0 saturated carbocycles. The SMILES string of the molecule is Nc1nccc2cc(C[C@H](C(=O)O)N3CC[C@H](N(c4cnc(N5CCCC5)s4)S(=O)[O-])C3=O)c(F)cc12. The molecular weight excluding hydrogens is 523 g/mol. The zero-order valence-electron chi connectivity index (χ0n) is 19.6. The van der Waals surface area contributed by atoms with E-state index < -0.39 is 41.0 Å². The molecule has 3 N–H and O–H groups in total. The molecular formula is C23H24FN6O5S2-. The highest BCUT2D eigenvalue weighted by Gasteiger charge is 2.43. The maximum absolute atomic E-state index is 14.9. The average molecular weight is 548 g/mol. The van der Waals surface area contributed by atoms with Crippen LogP contribution in [0.3, 0.4) is 0 Å². The Morgan fingerprint density at radius 3 is 2.78 bits per heavy atom. The number of aromatic nitrogens is 2. The van der Waals surface area contributed by atoms with E-state index >= 15 is 0 Å². The van der Waals surface area contributed by atoms with E-state index in [1.54, 1.807) is 6.07 Å². The number of anilines is 3. The highest BCUT2D eigenvalue weighted by molar-refractivity contribution is 7.81. The van der Waals surface area contributed by atoms with Gasteiger partial charge in [0.25, 0.3) is 0 Å². The Hall–Kier alpha value is -3.36. The number of carboxylic acids is 1. The Labute approximate surface area is 218 Å². The van der Waals surface area contributed by atoms with Crippen molar-refractivity contribution >= 4 is 61.2 Å². The number of halogens is 1. The van der Waals surface area contributed by atoms with Crippen LogP contribution in [0.4, 0.5) is 20.3 Å². The summed E-state index contributed by atoms with van der Waals surface area (Å²) < 4.78 is 40.3. The first-order valence-corrected chi connectivity index (χ1v) is 13.5. The summed E-state index contributed by atoms with van der Waals surface area (Å²) in [4.78, 5) is 37.0. The van der Waals surface area contributed by atoms with Gasteiger partial charge in [-0.3, -0.25) is 13.3 Å². The number of amides is 1. The number of pyridine rings is 1. The number of nitrogens with zero attached hydrogens (tertiary/aromatic N) is 5. The first kappa shape index (κ1) is 25.3. The predicted molar refractivity (Wildman–Crippen MR) is 136 cm³/mol. The number of carbonyl (C=O) groups excluding carboxylic acids is 1. The van der Waals surface area contributed by atoms with Gasteiger partial charge in [-0.25, -0.2) is 19.2 Å². The smallest absolute Gasteiger partial charge is 0.326 e. The van der Waals surface area contributed by atoms with Gasteiger partial charge in [0.05, 0.1) is 6.20 Å². The lowest BCUT2D eigenvalue weighted by atomic mass is 10.0. The third kappa shape index (κ3) is 4.83. The molecule has 0 bridgehead atoms. The third-order valence-electron chi connectivity index (χ3n) is 6.77. The minimum absolute atomic E-state index is 0.0119. The number of benzene rings is 1. The molecule has 37 heavy (non-hydrogen) atoms. The lowest BCUT2D eigenvalue weighted by Gasteiger charge is -2.30. The standard InChI is InChI=1S/C23H25FN6O5S2/c24-16-11-15-13(3-5-26-20(15)25)9-14(16)10-18(22(32)33)29-8-4-17(21(29)31)30(37(34)35)19-12-27-23(36-19)28-6-1-2-7-28/h3,5,9,11-12,17-18H,1-2,4,6-8,10H2,(H2,25,26)(H,32,33)(H,34,35)/p-1/t17-,18+/m0/s1. The molecule has 0 aliphatic carbocycles. The Bertz CT molecular complexity index is 1380. The van der Waals surface area contributed by atoms with Gasteiger partial charge in [0, 0.05) is 48.9 Å². The van der Waals surface area contributed by atoms with E-state index in [-0.39, 0.29) is 35.8 Å². The summed E-state index contributed by atoms with van der Waals surface area (Å²) in [6.07, 6.45) is 4.74. The van der Waals surface area contributed by atoms with Crippen LogP contribution in [-0.4, -0.2) is 72.3 Å². The number of carboxylic acid groups (broad SMARTS) is 1. The molecule has 196 valence electrons. The lowest BCUT2D eigenvalue weighted by molar-refractivity contribution is -0.148. The summed E-state index contributed by atoms with van der Waals surface area (Å²) in [6, 6.07) is 1.83. The number of aliphatic carboxylic acids is 1. The molecule has 1 aromatic carbocycles. The predicted octanol–water partition coefficient (Wildman–Crippen LogP) is 1.91. The second-order valence-electron chi connectivity index (χ2n) is 8.97. The van der Waals surface area contributed by atoms with Crippen molar-refractivity contribution in [1.29, 1.82) is 0 Å². The molecule has 2 fully saturated rings. The fourth-order valence-electron chi connectivity index (χ4n) is 4.92. The summed E-state index contributed by atoms with van der Waals surface area (Å²) in [7, 11) is 0. The molecule has 4 heterocycles. The van der Waals surface area contributed by atoms with Gasteiger partial charge in [0.2, 0.25) is 5.91 Å². The normalized spacial score (nSPS) is 19.5. The van der Waals surface area contributed by atoms with Crippen LogP contribution in [0.15, 0.2) is 30.6 Å². The third-order valence-corrected chi connectivity index (χ3v) is 8.71. The zero-order valence-corrected chi connectivity index (χ0v) is 21.2. The highest BCUT2D eigenvalue weighted by Crippen LogP contribution is 2.36. The molecule has 5 rings (SSSR count). The fourth-order valence-corrected chi connectivity index (χ4v) is 6.74. The summed E-state index contributed by atoms with van der Waals surface area (Å²) in [5.41, 5.74) is 5.91. The van der Waals surface area contributed by atoms with Gasteiger partial charge < -0.3 is 25.2 Å². The van der Waals surface area contributed by atoms with Crippen LogP contribution >= 0.6 is 11.3 Å². The van der Waals surface area contributed by atoms with E-state index in [1.165, 1.54) is 35.9 Å². The minimum atomic E-state index is -2.79. The monoisotopic (exact) mass is 547 g/mol. The molecule has 1 unspecified atom stereocenters. The van der Waals surface area contributed by atoms with Crippen LogP contribution in [0.2, 0.25) is 0 Å². The summed E-state index contributed by atoms with van der Waals surface area (Å²) in [6.45, 7) is 1.68. The van der Waals surface area contributed by atoms with Gasteiger partial charge in [-0.15, -0.1) is 0 Å². The van der Waals surface area contributed by atoms with Crippen LogP contribution in [0.1, 0.15) is 24.8 Å². The topological polar surface area (TPSA) is 156 Å². The molecule has 11 nitrogen and oxygen atoms in total. The van der Waals surface area contributed by atoms with Crippen LogP contribution in [0.5, 0.6) is 0 Å². The molecule has 14 heteroatoms. The lowest BCUT2D eigenvalue weighted by Crippen LogP contribution is -2.48. The zero-order chi connectivity index (χ0) is 26.3. The second kappa shape index (κ2) is 10.2. The molecule has 0 radical (unpaired) electrons. The molecule has 1 amide bonds. The number of nitrogens with two attached hydrogens (primary N) is 1. The number of likely N-dealkylation sites (tertiary alicyclic amines) is 1. The molecule has 2 aromatic heterocycles. The average Bonchev–Trinajstić information content (AvgIpc) is 3.61. The minimum Gasteiger partial charge on any atom is -0.755 e. The van der Waals surface area contributed by atoms with Crippen molar-refractivity contribution in [3.63, 3.8) is 0 Å². The molecule has 2 aliphatic heterocycles. The molecule has 3 aromatic rings. The van der Waals surface area contributed by atoms with E-state index in [1.807, 2.05) is 0 Å². The van der Waals surface area contributed by atoms with E-state index in [0.717, 1.165) is 35.1 Å². The van der Waals surface area contributed by atoms with Gasteiger partial charge in [-0.2, -0.15) is 0 Å². The Morgan fingerprint density at radius 1 is 1.32 bits per heavy atom. The van der Waals surface area contributed by atoms with Crippen LogP contribution in [0.25, 0.3) is 10.8 Å². The Balaban J connectivity index is 1.39. The molecule has 0 spiro atoms. The van der Waals surface area contributed by atoms with Crippen molar-refractivity contribution in [2.75, 3.05) is 34.6 Å². The number of rotatable bonds is 8. The van der Waals surface area contributed by atoms with E-state index in [0.29, 0.717) is 15.9 Å². The van der Waals surface area contributed by atoms with Crippen molar-refractivity contribution in [1.82, 2.24) is 14.9 Å². The summed E-state index contributed by atoms with van der Waals surface area (Å²) in [5.74, 6) is -2.48. The number of hydrogen-bond donors (Lipinski definition) is 2. The molecule has 2 aliphatic rings. The van der Waals surface area contributed by atoms with Crippen molar-refractivity contribution in [3.8, 4) is 0 Å². The summed E-state index contributed by atoms with van der Waals surface area (Å²) in [5, 5.41) is 11.9. The van der Waals surface area contributed by atoms with Crippen molar-refractivity contribution in [3.05, 3.63) is 42.0 Å². The van der Waals surface area contributed by atoms with Gasteiger partial charge in [0.1, 0.15) is 28.7 Å². The summed E-state index contributed by atoms with van der Waals surface area (Å²) >= 11 is -1.62. The van der Waals surface area contributed by atoms with Crippen LogP contribution < -0.4 is 14.9 Å². The second-order valence-corrected chi connectivity index (χ2v) is 10.8. The Kier molecular flexibility index (Phi) is 6.96. The van der Waals surface area contributed by atoms with Crippen molar-refractivity contribution in [2.24, 2.45) is 0 Å². The van der Waals surface area contributed by atoms with E-state index in [4.69, 9.17) is 5.73 Å². The first-order chi connectivity index (χ1) is 17.7. The first-order valence-electron chi connectivity index (χ1n) is 11.7. The van der Waals surface area contributed by atoms with Gasteiger partial charge >= 0.3 is 5.97 Å². The number of fused-ring (bicyclic) bond motifs is 1. The number of thiazole rings is 1. The number of hydrogen-bond acceptors (Lipinski definition) is 9. The molecule has 2 saturated heterocycles. The number of carbonyl (C=O) groups is 2. The van der Waals surface area contributed by atoms with Gasteiger partial charge in [-0.1, -0.05) is 11.3 Å². The largest absolute Gasteiger partial charge is 0.755 e. The fraction of sp³-hybridized carbons (Fsp3) is 0.391. The molecule has 3 atom stereocenters. The Morgan fingerprint density at radius 2 is 2.08 bits per heavy atom. The van der Waals surface area contributed by atoms with Crippen molar-refractivity contribution in [2.45, 2.75) is 37.8 Å². The van der Waals surface area contributed by atoms with Gasteiger partial charge in [-0.05, 0) is 48.4 Å².